The maximum atomic E-state index is 14.2. The summed E-state index contributed by atoms with van der Waals surface area (Å²) in [6.07, 6.45) is -1.09. The van der Waals surface area contributed by atoms with Crippen molar-refractivity contribution in [1.82, 2.24) is 4.98 Å². The molecule has 2 aliphatic heterocycles. The molecule has 0 bridgehead atoms. The van der Waals surface area contributed by atoms with Crippen molar-refractivity contribution in [3.63, 3.8) is 0 Å². The first-order valence-electron chi connectivity index (χ1n) is 10.2. The second-order valence-corrected chi connectivity index (χ2v) is 10.8. The van der Waals surface area contributed by atoms with Gasteiger partial charge in [0.25, 0.3) is 0 Å². The number of fused-ring (bicyclic) bond motifs is 2. The minimum absolute atomic E-state index is 0.218. The molecule has 4 N–H and O–H groups in total. The second kappa shape index (κ2) is 7.79. The third kappa shape index (κ3) is 3.83. The number of aromatic nitrogens is 1. The highest BCUT2D eigenvalue weighted by molar-refractivity contribution is 8.24. The fourth-order valence-electron chi connectivity index (χ4n) is 4.36. The first-order chi connectivity index (χ1) is 14.8. The highest BCUT2D eigenvalue weighted by Gasteiger charge is 2.32. The van der Waals surface area contributed by atoms with Crippen LogP contribution in [0.4, 0.5) is 15.9 Å². The monoisotopic (exact) mass is 462 g/mol. The number of alkyl halides is 1. The van der Waals surface area contributed by atoms with Crippen LogP contribution < -0.4 is 15.5 Å². The average molecular weight is 463 g/mol. The number of nitrogens with two attached hydrogens (primary N) is 1. The van der Waals surface area contributed by atoms with Crippen LogP contribution in [-0.4, -0.2) is 51.7 Å². The first kappa shape index (κ1) is 20.8. The largest absolute Gasteiger partial charge is 0.366 e. The molecular formula is C22H24ClFN4O2S. The summed E-state index contributed by atoms with van der Waals surface area (Å²) in [5.74, 6) is 0.925. The highest BCUT2D eigenvalue weighted by atomic mass is 35.5. The summed E-state index contributed by atoms with van der Waals surface area (Å²) in [5.41, 5.74) is 8.39. The maximum Gasteiger partial charge on any atom is 0.134 e. The molecule has 6 nitrogen and oxygen atoms in total. The van der Waals surface area contributed by atoms with Crippen molar-refractivity contribution in [2.45, 2.75) is 23.7 Å². The molecule has 5 rings (SSSR count). The van der Waals surface area contributed by atoms with Crippen LogP contribution in [0.5, 0.6) is 0 Å². The zero-order valence-corrected chi connectivity index (χ0v) is 18.4. The van der Waals surface area contributed by atoms with Crippen LogP contribution in [-0.2, 0) is 6.54 Å². The van der Waals surface area contributed by atoms with Gasteiger partial charge < -0.3 is 15.5 Å². The van der Waals surface area contributed by atoms with E-state index in [0.29, 0.717) is 35.4 Å². The van der Waals surface area contributed by atoms with Crippen molar-refractivity contribution in [3.05, 3.63) is 59.1 Å². The Hall–Kier alpha value is -2.10. The third-order valence-corrected chi connectivity index (χ3v) is 8.11. The van der Waals surface area contributed by atoms with Gasteiger partial charge in [0.1, 0.15) is 12.0 Å². The Kier molecular flexibility index (Phi) is 5.22. The molecule has 0 spiro atoms. The van der Waals surface area contributed by atoms with Crippen LogP contribution in [0.1, 0.15) is 5.56 Å². The summed E-state index contributed by atoms with van der Waals surface area (Å²) in [7, 11) is -2.87. The van der Waals surface area contributed by atoms with Gasteiger partial charge >= 0.3 is 0 Å². The van der Waals surface area contributed by atoms with Gasteiger partial charge in [-0.2, -0.15) is 10.6 Å². The fraction of sp³-hybridized carbons (Fsp3) is 0.318. The summed E-state index contributed by atoms with van der Waals surface area (Å²) in [5, 5.41) is 1.43. The molecular weight excluding hydrogens is 439 g/mol. The standard InChI is InChI=1S/C22H24ClFN4O2S/c23-15-5-6-19-16(9-15)20(28-12-17(24)18(25)13-28)10-22(26-19)27-7-8-31(29,30)21-4-2-1-3-14(21)11-27/h1-6,9-10,17-18,29-30H,7-8,11-13,25H2/t17-,18-/m0/s1. The van der Waals surface area contributed by atoms with E-state index in [1.807, 2.05) is 46.2 Å². The Morgan fingerprint density at radius 1 is 1.10 bits per heavy atom. The van der Waals surface area contributed by atoms with Gasteiger partial charge in [0.15, 0.2) is 0 Å². The molecule has 0 radical (unpaired) electrons. The van der Waals surface area contributed by atoms with Crippen LogP contribution >= 0.6 is 22.2 Å². The smallest absolute Gasteiger partial charge is 0.134 e. The second-order valence-electron chi connectivity index (χ2n) is 8.15. The molecule has 0 amide bonds. The lowest BCUT2D eigenvalue weighted by Gasteiger charge is -2.32. The molecule has 31 heavy (non-hydrogen) atoms. The zero-order chi connectivity index (χ0) is 21.8. The van der Waals surface area contributed by atoms with Gasteiger partial charge in [0.05, 0.1) is 34.4 Å². The van der Waals surface area contributed by atoms with Crippen molar-refractivity contribution in [2.75, 3.05) is 35.2 Å². The van der Waals surface area contributed by atoms with Crippen molar-refractivity contribution in [3.8, 4) is 0 Å². The summed E-state index contributed by atoms with van der Waals surface area (Å²) in [6, 6.07) is 14.3. The van der Waals surface area contributed by atoms with Crippen LogP contribution in [0.2, 0.25) is 5.02 Å². The van der Waals surface area contributed by atoms with E-state index >= 15 is 0 Å². The molecule has 1 fully saturated rings. The lowest BCUT2D eigenvalue weighted by atomic mass is 10.1. The molecule has 1 aromatic heterocycles. The van der Waals surface area contributed by atoms with Gasteiger partial charge in [-0.3, -0.25) is 9.11 Å². The molecule has 9 heteroatoms. The maximum absolute atomic E-state index is 14.2. The lowest BCUT2D eigenvalue weighted by Crippen LogP contribution is -2.30. The summed E-state index contributed by atoms with van der Waals surface area (Å²) < 4.78 is 35.6. The van der Waals surface area contributed by atoms with Gasteiger partial charge in [0, 0.05) is 36.1 Å². The number of rotatable bonds is 2. The van der Waals surface area contributed by atoms with Crippen LogP contribution in [0, 0.1) is 0 Å². The average Bonchev–Trinajstić information content (AvgIpc) is 3.01. The van der Waals surface area contributed by atoms with Gasteiger partial charge in [-0.25, -0.2) is 9.37 Å². The molecule has 0 unspecified atom stereocenters. The number of hydrogen-bond donors (Lipinski definition) is 3. The Labute approximate surface area is 186 Å². The van der Waals surface area contributed by atoms with E-state index in [2.05, 4.69) is 0 Å². The summed E-state index contributed by atoms with van der Waals surface area (Å²) >= 11 is 6.24. The topological polar surface area (TPSA) is 85.9 Å². The van der Waals surface area contributed by atoms with E-state index in [9.17, 15) is 13.5 Å². The molecule has 1 saturated heterocycles. The quantitative estimate of drug-likeness (QED) is 0.519. The molecule has 0 aliphatic carbocycles. The van der Waals surface area contributed by atoms with Gasteiger partial charge in [-0.1, -0.05) is 29.8 Å². The normalized spacial score (nSPS) is 24.2. The van der Waals surface area contributed by atoms with Crippen molar-refractivity contribution < 1.29 is 13.5 Å². The van der Waals surface area contributed by atoms with Crippen molar-refractivity contribution in [2.24, 2.45) is 5.73 Å². The summed E-state index contributed by atoms with van der Waals surface area (Å²) in [6.45, 7) is 1.57. The SMILES string of the molecule is N[C@H]1CN(c2cc(N3CCS(O)(O)c4ccccc4C3)nc3ccc(Cl)cc23)C[C@@H]1F. The molecule has 3 heterocycles. The van der Waals surface area contributed by atoms with Gasteiger partial charge in [-0.05, 0) is 29.8 Å². The van der Waals surface area contributed by atoms with E-state index < -0.39 is 22.8 Å². The van der Waals surface area contributed by atoms with E-state index in [0.717, 1.165) is 22.2 Å². The van der Waals surface area contributed by atoms with Gasteiger partial charge in [0.2, 0.25) is 0 Å². The number of pyridine rings is 1. The molecule has 3 aromatic rings. The van der Waals surface area contributed by atoms with Crippen LogP contribution in [0.3, 0.4) is 0 Å². The minimum atomic E-state index is -2.87. The Bertz CT molecular complexity index is 1140. The van der Waals surface area contributed by atoms with Crippen LogP contribution in [0.25, 0.3) is 10.9 Å². The van der Waals surface area contributed by atoms with E-state index in [1.54, 1.807) is 12.1 Å². The molecule has 2 aromatic carbocycles. The fourth-order valence-corrected chi connectivity index (χ4v) is 6.07. The highest BCUT2D eigenvalue weighted by Crippen LogP contribution is 2.51. The predicted octanol–water partition coefficient (Wildman–Crippen LogP) is 4.50. The summed E-state index contributed by atoms with van der Waals surface area (Å²) in [4.78, 5) is 9.41. The zero-order valence-electron chi connectivity index (χ0n) is 16.8. The molecule has 0 saturated carbocycles. The number of anilines is 2. The number of nitrogens with zero attached hydrogens (tertiary/aromatic N) is 3. The predicted molar refractivity (Wildman–Crippen MR) is 125 cm³/mol. The molecule has 164 valence electrons. The van der Waals surface area contributed by atoms with E-state index in [-0.39, 0.29) is 12.3 Å². The van der Waals surface area contributed by atoms with E-state index in [4.69, 9.17) is 22.3 Å². The number of hydrogen-bond acceptors (Lipinski definition) is 6. The minimum Gasteiger partial charge on any atom is -0.366 e. The Balaban J connectivity index is 1.60. The molecule has 2 aliphatic rings. The van der Waals surface area contributed by atoms with Gasteiger partial charge in [-0.15, -0.1) is 0 Å². The lowest BCUT2D eigenvalue weighted by molar-refractivity contribution is 0.333. The van der Waals surface area contributed by atoms with Crippen LogP contribution in [0.15, 0.2) is 53.4 Å². The van der Waals surface area contributed by atoms with E-state index in [1.165, 1.54) is 0 Å². The third-order valence-electron chi connectivity index (χ3n) is 6.02. The Morgan fingerprint density at radius 2 is 1.90 bits per heavy atom. The van der Waals surface area contributed by atoms with Crippen molar-refractivity contribution >= 4 is 44.6 Å². The first-order valence-corrected chi connectivity index (χ1v) is 12.2. The van der Waals surface area contributed by atoms with Crippen molar-refractivity contribution in [1.29, 1.82) is 0 Å². The number of halogens is 2. The molecule has 2 atom stereocenters. The Morgan fingerprint density at radius 3 is 2.68 bits per heavy atom. The number of benzene rings is 2.